The number of nitrogens with zero attached hydrogens (tertiary/aromatic N) is 1. The molecular formula is C10H12Cl3FN2O2S. The lowest BCUT2D eigenvalue weighted by molar-refractivity contribution is 0.472. The van der Waals surface area contributed by atoms with Crippen molar-refractivity contribution in [1.82, 2.24) is 4.31 Å². The van der Waals surface area contributed by atoms with Crippen LogP contribution in [-0.2, 0) is 10.0 Å². The van der Waals surface area contributed by atoms with Gasteiger partial charge in [0.25, 0.3) is 0 Å². The van der Waals surface area contributed by atoms with Gasteiger partial charge in [-0.3, -0.25) is 0 Å². The molecule has 1 atom stereocenters. The van der Waals surface area contributed by atoms with Gasteiger partial charge in [0.1, 0.15) is 10.7 Å². The highest BCUT2D eigenvalue weighted by Crippen LogP contribution is 2.33. The maximum absolute atomic E-state index is 13.0. The van der Waals surface area contributed by atoms with Gasteiger partial charge in [-0.05, 0) is 18.6 Å². The lowest BCUT2D eigenvalue weighted by Crippen LogP contribution is -2.32. The van der Waals surface area contributed by atoms with Crippen LogP contribution in [0.2, 0.25) is 10.0 Å². The van der Waals surface area contributed by atoms with Crippen LogP contribution in [0.5, 0.6) is 0 Å². The van der Waals surface area contributed by atoms with E-state index < -0.39 is 15.8 Å². The lowest BCUT2D eigenvalue weighted by atomic mass is 10.3. The van der Waals surface area contributed by atoms with Crippen LogP contribution in [-0.4, -0.2) is 31.9 Å². The Hall–Kier alpha value is -0.110. The third-order valence-corrected chi connectivity index (χ3v) is 5.54. The van der Waals surface area contributed by atoms with Crippen molar-refractivity contribution in [2.75, 3.05) is 13.1 Å². The Kier molecular flexibility index (Phi) is 5.45. The number of sulfonamides is 1. The molecule has 1 aromatic rings. The molecule has 1 aliphatic rings. The van der Waals surface area contributed by atoms with Crippen molar-refractivity contribution in [2.45, 2.75) is 17.4 Å². The second kappa shape index (κ2) is 6.11. The van der Waals surface area contributed by atoms with Gasteiger partial charge in [0, 0.05) is 19.1 Å². The van der Waals surface area contributed by atoms with E-state index in [1.807, 2.05) is 0 Å². The third-order valence-electron chi connectivity index (χ3n) is 2.75. The van der Waals surface area contributed by atoms with Crippen LogP contribution in [0.1, 0.15) is 6.42 Å². The van der Waals surface area contributed by atoms with Crippen LogP contribution in [0.25, 0.3) is 0 Å². The van der Waals surface area contributed by atoms with Crippen LogP contribution >= 0.6 is 35.6 Å². The molecule has 1 saturated heterocycles. The fourth-order valence-corrected chi connectivity index (χ4v) is 4.52. The molecule has 1 fully saturated rings. The Bertz CT molecular complexity index is 559. The number of hydrogen-bond acceptors (Lipinski definition) is 3. The van der Waals surface area contributed by atoms with E-state index in [1.54, 1.807) is 0 Å². The molecule has 19 heavy (non-hydrogen) atoms. The van der Waals surface area contributed by atoms with Gasteiger partial charge in [-0.2, -0.15) is 4.31 Å². The molecule has 2 rings (SSSR count). The molecule has 0 saturated carbocycles. The second-order valence-electron chi connectivity index (χ2n) is 4.11. The number of benzene rings is 1. The van der Waals surface area contributed by atoms with Crippen LogP contribution < -0.4 is 5.73 Å². The highest BCUT2D eigenvalue weighted by atomic mass is 35.5. The predicted molar refractivity (Wildman–Crippen MR) is 75.0 cm³/mol. The minimum absolute atomic E-state index is 0. The van der Waals surface area contributed by atoms with Gasteiger partial charge in [0.2, 0.25) is 10.0 Å². The molecule has 4 nitrogen and oxygen atoms in total. The van der Waals surface area contributed by atoms with Crippen molar-refractivity contribution in [2.24, 2.45) is 5.73 Å². The monoisotopic (exact) mass is 348 g/mol. The highest BCUT2D eigenvalue weighted by Gasteiger charge is 2.34. The molecule has 0 unspecified atom stereocenters. The van der Waals surface area contributed by atoms with Gasteiger partial charge < -0.3 is 5.73 Å². The van der Waals surface area contributed by atoms with E-state index in [2.05, 4.69) is 0 Å². The molecule has 0 amide bonds. The van der Waals surface area contributed by atoms with Crippen LogP contribution in [0, 0.1) is 5.82 Å². The topological polar surface area (TPSA) is 63.4 Å². The van der Waals surface area contributed by atoms with Crippen molar-refractivity contribution in [3.63, 3.8) is 0 Å². The van der Waals surface area contributed by atoms with E-state index in [1.165, 1.54) is 4.31 Å². The molecule has 0 aliphatic carbocycles. The summed E-state index contributed by atoms with van der Waals surface area (Å²) in [7, 11) is -3.83. The van der Waals surface area contributed by atoms with Crippen molar-refractivity contribution in [1.29, 1.82) is 0 Å². The maximum atomic E-state index is 13.0. The van der Waals surface area contributed by atoms with Gasteiger partial charge in [0.05, 0.1) is 10.0 Å². The molecule has 0 radical (unpaired) electrons. The smallest absolute Gasteiger partial charge is 0.246 e. The molecule has 1 heterocycles. The summed E-state index contributed by atoms with van der Waals surface area (Å²) in [6.07, 6.45) is 0.579. The summed E-state index contributed by atoms with van der Waals surface area (Å²) in [5.74, 6) is -0.679. The van der Waals surface area contributed by atoms with E-state index >= 15 is 0 Å². The number of nitrogens with two attached hydrogens (primary N) is 1. The van der Waals surface area contributed by atoms with Crippen molar-refractivity contribution < 1.29 is 12.8 Å². The molecule has 2 N–H and O–H groups in total. The maximum Gasteiger partial charge on any atom is 0.246 e. The molecule has 108 valence electrons. The molecule has 0 spiro atoms. The molecule has 1 aromatic carbocycles. The summed E-state index contributed by atoms with van der Waals surface area (Å²) < 4.78 is 38.9. The molecular weight excluding hydrogens is 338 g/mol. The predicted octanol–water partition coefficient (Wildman–Crippen LogP) is 2.28. The standard InChI is InChI=1S/C10H11Cl2FN2O2S.ClH/c11-8-3-6(13)4-9(12)10(8)18(16,17)15-2-1-7(14)5-15;/h3-4,7H,1-2,5,14H2;1H/t7-;/m0./s1. The first-order valence-electron chi connectivity index (χ1n) is 5.22. The second-order valence-corrected chi connectivity index (χ2v) is 6.80. The quantitative estimate of drug-likeness (QED) is 0.891. The van der Waals surface area contributed by atoms with Crippen LogP contribution in [0.15, 0.2) is 17.0 Å². The fraction of sp³-hybridized carbons (Fsp3) is 0.400. The summed E-state index contributed by atoms with van der Waals surface area (Å²) in [6.45, 7) is 0.528. The van der Waals surface area contributed by atoms with Crippen LogP contribution in [0.3, 0.4) is 0 Å². The van der Waals surface area contributed by atoms with Gasteiger partial charge >= 0.3 is 0 Å². The zero-order valence-electron chi connectivity index (χ0n) is 9.64. The summed E-state index contributed by atoms with van der Waals surface area (Å²) in [4.78, 5) is -0.263. The van der Waals surface area contributed by atoms with Crippen molar-refractivity contribution in [3.05, 3.63) is 28.0 Å². The van der Waals surface area contributed by atoms with E-state index in [0.29, 0.717) is 13.0 Å². The average molecular weight is 350 g/mol. The van der Waals surface area contributed by atoms with E-state index in [0.717, 1.165) is 12.1 Å². The van der Waals surface area contributed by atoms with Crippen molar-refractivity contribution in [3.8, 4) is 0 Å². The van der Waals surface area contributed by atoms with E-state index in [4.69, 9.17) is 28.9 Å². The van der Waals surface area contributed by atoms with E-state index in [-0.39, 0.29) is 39.9 Å². The van der Waals surface area contributed by atoms with Gasteiger partial charge in [-0.25, -0.2) is 12.8 Å². The van der Waals surface area contributed by atoms with Gasteiger partial charge in [-0.1, -0.05) is 23.2 Å². The first-order valence-corrected chi connectivity index (χ1v) is 7.42. The Morgan fingerprint density at radius 3 is 2.26 bits per heavy atom. The number of halogens is 4. The highest BCUT2D eigenvalue weighted by molar-refractivity contribution is 7.89. The minimum Gasteiger partial charge on any atom is -0.326 e. The molecule has 0 aromatic heterocycles. The summed E-state index contributed by atoms with van der Waals surface area (Å²) in [6, 6.07) is 1.66. The third kappa shape index (κ3) is 3.32. The zero-order valence-corrected chi connectivity index (χ0v) is 12.8. The molecule has 0 bridgehead atoms. The summed E-state index contributed by atoms with van der Waals surface area (Å²) in [5.41, 5.74) is 5.67. The Morgan fingerprint density at radius 1 is 1.32 bits per heavy atom. The molecule has 1 aliphatic heterocycles. The Balaban J connectivity index is 0.00000180. The van der Waals surface area contributed by atoms with Crippen LogP contribution in [0.4, 0.5) is 4.39 Å². The zero-order chi connectivity index (χ0) is 13.5. The van der Waals surface area contributed by atoms with Gasteiger partial charge in [0.15, 0.2) is 0 Å². The Morgan fingerprint density at radius 2 is 1.84 bits per heavy atom. The summed E-state index contributed by atoms with van der Waals surface area (Å²) in [5, 5.41) is -0.444. The Labute approximate surface area is 127 Å². The minimum atomic E-state index is -3.83. The SMILES string of the molecule is Cl.N[C@H]1CCN(S(=O)(=O)c2c(Cl)cc(F)cc2Cl)C1. The largest absolute Gasteiger partial charge is 0.326 e. The number of hydrogen-bond donors (Lipinski definition) is 1. The first kappa shape index (κ1) is 16.9. The normalized spacial score (nSPS) is 20.3. The lowest BCUT2D eigenvalue weighted by Gasteiger charge is -2.17. The molecule has 9 heteroatoms. The van der Waals surface area contributed by atoms with E-state index in [9.17, 15) is 12.8 Å². The fourth-order valence-electron chi connectivity index (χ4n) is 1.88. The average Bonchev–Trinajstić information content (AvgIpc) is 2.63. The number of rotatable bonds is 2. The first-order chi connectivity index (χ1) is 8.32. The van der Waals surface area contributed by atoms with Gasteiger partial charge in [-0.15, -0.1) is 12.4 Å². The van der Waals surface area contributed by atoms with Crippen molar-refractivity contribution >= 4 is 45.6 Å². The summed E-state index contributed by atoms with van der Waals surface area (Å²) >= 11 is 11.5.